The Labute approximate surface area is 449 Å². The van der Waals surface area contributed by atoms with Crippen LogP contribution in [-0.2, 0) is 48.7 Å². The molecule has 21 heteroatoms. The molecular formula is C53H53Cl3N10O6S2. The Morgan fingerprint density at radius 1 is 0.635 bits per heavy atom. The number of rotatable bonds is 9. The lowest BCUT2D eigenvalue weighted by Crippen LogP contribution is -2.47. The lowest BCUT2D eigenvalue weighted by Gasteiger charge is -2.36. The summed E-state index contributed by atoms with van der Waals surface area (Å²) in [6, 6.07) is 30.9. The van der Waals surface area contributed by atoms with Crippen LogP contribution in [0.15, 0.2) is 107 Å². The Bertz CT molecular complexity index is 3100. The van der Waals surface area contributed by atoms with E-state index in [1.165, 1.54) is 12.8 Å². The van der Waals surface area contributed by atoms with Crippen LogP contribution in [0.2, 0.25) is 15.2 Å². The number of anilines is 5. The molecule has 0 bridgehead atoms. The number of methoxy groups -OCH3 is 1. The van der Waals surface area contributed by atoms with E-state index in [2.05, 4.69) is 59.1 Å². The van der Waals surface area contributed by atoms with Crippen LogP contribution in [0, 0.1) is 0 Å². The first-order chi connectivity index (χ1) is 36.0. The van der Waals surface area contributed by atoms with E-state index in [9.17, 15) is 18.0 Å². The molecule has 2 unspecified atom stereocenters. The Morgan fingerprint density at radius 3 is 1.66 bits per heavy atom. The summed E-state index contributed by atoms with van der Waals surface area (Å²) in [5.41, 5.74) is 8.42. The zero-order chi connectivity index (χ0) is 51.0. The quantitative estimate of drug-likeness (QED) is 0.111. The minimum Gasteiger partial charge on any atom is -0.467 e. The van der Waals surface area contributed by atoms with Crippen LogP contribution in [0.3, 0.4) is 0 Å². The summed E-state index contributed by atoms with van der Waals surface area (Å²) in [6.45, 7) is 6.78. The van der Waals surface area contributed by atoms with Crippen LogP contribution in [0.5, 0.6) is 0 Å². The van der Waals surface area contributed by atoms with E-state index in [-0.39, 0.29) is 25.5 Å². The van der Waals surface area contributed by atoms with Gasteiger partial charge in [0.1, 0.15) is 17.5 Å². The predicted octanol–water partition coefficient (Wildman–Crippen LogP) is 7.55. The SMILES string of the molecule is COC(=O)[C@@H]1C[C@@H](NC(=O)OCC2c3ccccc3-c3ccccc32)CN1c1nc(N2CCN(c3ccc(Cl)cc3)CC2)nc2c1S(=O)CC2.O=S1CCc2nc(N3CCN(c4ccc(Cl)cc4)CC3)nc(Cl)c21. The molecule has 384 valence electrons. The summed E-state index contributed by atoms with van der Waals surface area (Å²) < 4.78 is 36.3. The lowest BCUT2D eigenvalue weighted by molar-refractivity contribution is -0.142. The number of amides is 1. The van der Waals surface area contributed by atoms with Crippen molar-refractivity contribution in [2.75, 3.05) is 109 Å². The molecule has 16 nitrogen and oxygen atoms in total. The van der Waals surface area contributed by atoms with Gasteiger partial charge in [0.25, 0.3) is 0 Å². The van der Waals surface area contributed by atoms with Crippen molar-refractivity contribution in [3.8, 4) is 11.1 Å². The largest absolute Gasteiger partial charge is 0.467 e. The van der Waals surface area contributed by atoms with Gasteiger partial charge in [-0.15, -0.1) is 0 Å². The molecule has 6 aromatic rings. The lowest BCUT2D eigenvalue weighted by atomic mass is 9.98. The summed E-state index contributed by atoms with van der Waals surface area (Å²) in [5, 5.41) is 4.77. The van der Waals surface area contributed by atoms with Crippen molar-refractivity contribution < 1.29 is 27.5 Å². The molecule has 3 fully saturated rings. The third-order valence-electron chi connectivity index (χ3n) is 14.5. The van der Waals surface area contributed by atoms with Crippen molar-refractivity contribution >= 4 is 97.6 Å². The number of alkyl carbamates (subject to hydrolysis) is 1. The minimum atomic E-state index is -1.31. The number of esters is 1. The van der Waals surface area contributed by atoms with Crippen molar-refractivity contribution in [1.29, 1.82) is 0 Å². The van der Waals surface area contributed by atoms with Crippen molar-refractivity contribution in [1.82, 2.24) is 25.3 Å². The molecule has 6 aliphatic rings. The number of ether oxygens (including phenoxy) is 2. The first-order valence-corrected chi connectivity index (χ1v) is 28.5. The molecule has 3 saturated heterocycles. The number of halogens is 3. The highest BCUT2D eigenvalue weighted by molar-refractivity contribution is 7.85. The van der Waals surface area contributed by atoms with E-state index < -0.39 is 45.7 Å². The molecule has 74 heavy (non-hydrogen) atoms. The number of carbonyl (C=O) groups excluding carboxylic acids is 2. The Kier molecular flexibility index (Phi) is 14.7. The van der Waals surface area contributed by atoms with E-state index in [1.54, 1.807) is 0 Å². The molecule has 4 aromatic carbocycles. The molecule has 1 aliphatic carbocycles. The molecule has 1 amide bonds. The highest BCUT2D eigenvalue weighted by Crippen LogP contribution is 2.45. The maximum atomic E-state index is 13.3. The summed E-state index contributed by atoms with van der Waals surface area (Å²) in [5.74, 6) is 2.18. The fourth-order valence-corrected chi connectivity index (χ4v) is 14.0. The van der Waals surface area contributed by atoms with E-state index >= 15 is 0 Å². The molecule has 0 radical (unpaired) electrons. The zero-order valence-electron chi connectivity index (χ0n) is 40.5. The second-order valence-electron chi connectivity index (χ2n) is 18.8. The second-order valence-corrected chi connectivity index (χ2v) is 23.1. The summed E-state index contributed by atoms with van der Waals surface area (Å²) in [6.07, 6.45) is 1.00. The number of aryl methyl sites for hydroxylation is 2. The van der Waals surface area contributed by atoms with E-state index in [0.29, 0.717) is 75.1 Å². The maximum Gasteiger partial charge on any atom is 0.407 e. The molecule has 2 aromatic heterocycles. The molecule has 5 aliphatic heterocycles. The van der Waals surface area contributed by atoms with Crippen molar-refractivity contribution in [2.45, 2.75) is 47.1 Å². The maximum absolute atomic E-state index is 13.3. The van der Waals surface area contributed by atoms with E-state index in [4.69, 9.17) is 54.2 Å². The third-order valence-corrected chi connectivity index (χ3v) is 18.3. The van der Waals surface area contributed by atoms with Gasteiger partial charge in [0.2, 0.25) is 11.9 Å². The fourth-order valence-electron chi connectivity index (χ4n) is 10.8. The fraction of sp³-hybridized carbons (Fsp3) is 0.358. The van der Waals surface area contributed by atoms with Gasteiger partial charge >= 0.3 is 12.1 Å². The number of nitrogens with zero attached hydrogens (tertiary/aromatic N) is 9. The van der Waals surface area contributed by atoms with Crippen LogP contribution >= 0.6 is 34.8 Å². The summed E-state index contributed by atoms with van der Waals surface area (Å²) >= 11 is 18.3. The number of hydrogen-bond acceptors (Lipinski definition) is 15. The van der Waals surface area contributed by atoms with Crippen LogP contribution in [0.4, 0.5) is 33.9 Å². The summed E-state index contributed by atoms with van der Waals surface area (Å²) in [4.78, 5) is 57.2. The van der Waals surface area contributed by atoms with Gasteiger partial charge in [-0.1, -0.05) is 83.3 Å². The standard InChI is InChI=1S/C37H37ClN6O5S.C16H16Cl2N4OS/c1-48-35(45)32-20-24(39-37(46)49-22-30-28-8-4-2-6-26(28)27-7-3-5-9-29(27)30)21-44(32)34-33-31(14-19-50(33)47)40-36(41-34)43-17-15-42(16-18-43)25-12-10-23(38)11-13-25;17-11-1-3-12(4-2-11)21-6-8-22(9-7-21)16-19-13-5-10-24(23)14(13)15(18)20-16/h2-13,24,30,32H,14-22H2,1H3,(H,39,46);1-4H,5-10H2/t24-,32+,50?;/m1./s1. The van der Waals surface area contributed by atoms with Gasteiger partial charge in [0.05, 0.1) is 51.0 Å². The average Bonchev–Trinajstić information content (AvgIpc) is 4.21. The number of piperazine rings is 2. The van der Waals surface area contributed by atoms with Gasteiger partial charge in [0.15, 0.2) is 11.0 Å². The Hall–Kier alpha value is -6.05. The number of hydrogen-bond donors (Lipinski definition) is 1. The highest BCUT2D eigenvalue weighted by atomic mass is 35.5. The molecule has 1 N–H and O–H groups in total. The number of carbonyl (C=O) groups is 2. The van der Waals surface area contributed by atoms with Crippen molar-refractivity contribution in [3.63, 3.8) is 0 Å². The monoisotopic (exact) mass is 1090 g/mol. The van der Waals surface area contributed by atoms with Gasteiger partial charge in [-0.2, -0.15) is 9.97 Å². The molecule has 4 atom stereocenters. The average molecular weight is 1100 g/mol. The predicted molar refractivity (Wildman–Crippen MR) is 291 cm³/mol. The number of fused-ring (bicyclic) bond motifs is 5. The molecule has 0 saturated carbocycles. The van der Waals surface area contributed by atoms with Crippen LogP contribution in [-0.4, -0.2) is 137 Å². The molecule has 12 rings (SSSR count). The number of benzene rings is 4. The first kappa shape index (κ1) is 50.1. The van der Waals surface area contributed by atoms with Gasteiger partial charge in [-0.05, 0) is 70.8 Å². The van der Waals surface area contributed by atoms with Crippen LogP contribution < -0.4 is 29.8 Å². The minimum absolute atomic E-state index is 0.0684. The second kappa shape index (κ2) is 21.7. The van der Waals surface area contributed by atoms with Gasteiger partial charge in [-0.25, -0.2) is 19.6 Å². The normalized spacial score (nSPS) is 20.8. The van der Waals surface area contributed by atoms with Gasteiger partial charge < -0.3 is 39.3 Å². The van der Waals surface area contributed by atoms with Crippen LogP contribution in [0.25, 0.3) is 11.1 Å². The smallest absolute Gasteiger partial charge is 0.407 e. The van der Waals surface area contributed by atoms with Crippen molar-refractivity contribution in [2.24, 2.45) is 0 Å². The summed E-state index contributed by atoms with van der Waals surface area (Å²) in [7, 11) is -1.01. The number of nitrogens with one attached hydrogen (secondary N) is 1. The van der Waals surface area contributed by atoms with E-state index in [0.717, 1.165) is 83.6 Å². The van der Waals surface area contributed by atoms with Crippen LogP contribution in [0.1, 0.15) is 34.9 Å². The van der Waals surface area contributed by atoms with E-state index in [1.807, 2.05) is 77.7 Å². The Morgan fingerprint density at radius 2 is 1.12 bits per heavy atom. The number of aromatic nitrogens is 4. The highest BCUT2D eigenvalue weighted by Gasteiger charge is 2.43. The topological polar surface area (TPSA) is 167 Å². The Balaban J connectivity index is 0.000000204. The zero-order valence-corrected chi connectivity index (χ0v) is 44.4. The molecular weight excluding hydrogens is 1040 g/mol. The van der Waals surface area contributed by atoms with Crippen molar-refractivity contribution in [3.05, 3.63) is 135 Å². The molecule has 0 spiro atoms. The third kappa shape index (κ3) is 10.2. The first-order valence-electron chi connectivity index (χ1n) is 24.7. The molecule has 7 heterocycles. The van der Waals surface area contributed by atoms with Gasteiger partial charge in [-0.3, -0.25) is 8.42 Å². The van der Waals surface area contributed by atoms with Gasteiger partial charge in [0, 0.05) is 117 Å².